The van der Waals surface area contributed by atoms with Crippen molar-refractivity contribution in [3.8, 4) is 0 Å². The molecule has 34 heavy (non-hydrogen) atoms. The van der Waals surface area contributed by atoms with E-state index >= 15 is 0 Å². The van der Waals surface area contributed by atoms with Crippen LogP contribution in [-0.4, -0.2) is 38.9 Å². The maximum atomic E-state index is 13.1. The van der Waals surface area contributed by atoms with Gasteiger partial charge in [-0.2, -0.15) is 0 Å². The molecule has 0 aliphatic heterocycles. The van der Waals surface area contributed by atoms with Crippen molar-refractivity contribution in [1.29, 1.82) is 0 Å². The summed E-state index contributed by atoms with van der Waals surface area (Å²) < 4.78 is 31.3. The van der Waals surface area contributed by atoms with Crippen LogP contribution in [0.5, 0.6) is 0 Å². The topological polar surface area (TPSA) is 102 Å². The fourth-order valence-corrected chi connectivity index (χ4v) is 4.38. The molecule has 9 heteroatoms. The Bertz CT molecular complexity index is 1270. The number of esters is 1. The molecule has 178 valence electrons. The van der Waals surface area contributed by atoms with Crippen molar-refractivity contribution in [2.75, 3.05) is 19.5 Å². The molecule has 0 saturated carbocycles. The van der Waals surface area contributed by atoms with E-state index in [4.69, 9.17) is 9.57 Å². The zero-order valence-electron chi connectivity index (χ0n) is 19.3. The maximum absolute atomic E-state index is 13.1. The largest absolute Gasteiger partial charge is 0.444 e. The quantitative estimate of drug-likeness (QED) is 0.384. The van der Waals surface area contributed by atoms with Gasteiger partial charge in [-0.1, -0.05) is 46.9 Å². The summed E-state index contributed by atoms with van der Waals surface area (Å²) in [5, 5.41) is 2.80. The molecule has 0 aliphatic rings. The monoisotopic (exact) mass is 482 g/mol. The molecule has 1 N–H and O–H groups in total. The number of hydrogen-bond donors (Lipinski definition) is 1. The van der Waals surface area contributed by atoms with Crippen molar-refractivity contribution in [2.45, 2.75) is 24.8 Å². The van der Waals surface area contributed by atoms with E-state index in [1.165, 1.54) is 38.4 Å². The molecule has 0 heterocycles. The van der Waals surface area contributed by atoms with Crippen molar-refractivity contribution < 1.29 is 27.6 Å². The normalized spacial score (nSPS) is 12.3. The second-order valence-corrected chi connectivity index (χ2v) is 9.62. The Labute approximate surface area is 199 Å². The van der Waals surface area contributed by atoms with Crippen molar-refractivity contribution >= 4 is 27.6 Å². The highest BCUT2D eigenvalue weighted by molar-refractivity contribution is 7.89. The van der Waals surface area contributed by atoms with Gasteiger partial charge < -0.3 is 10.1 Å². The zero-order valence-corrected chi connectivity index (χ0v) is 20.1. The third kappa shape index (κ3) is 5.88. The fraction of sp³-hybridized carbons (Fsp3) is 0.200. The second kappa shape index (κ2) is 10.6. The zero-order chi connectivity index (χ0) is 24.9. The highest BCUT2D eigenvalue weighted by Crippen LogP contribution is 2.24. The molecule has 0 spiro atoms. The fourth-order valence-electron chi connectivity index (χ4n) is 3.36. The van der Waals surface area contributed by atoms with Crippen LogP contribution in [0.4, 0.5) is 5.69 Å². The molecule has 3 aromatic rings. The first-order chi connectivity index (χ1) is 16.1. The van der Waals surface area contributed by atoms with Gasteiger partial charge in [-0.3, -0.25) is 9.63 Å². The lowest BCUT2D eigenvalue weighted by molar-refractivity contribution is -0.125. The number of amides is 1. The second-order valence-electron chi connectivity index (χ2n) is 7.69. The highest BCUT2D eigenvalue weighted by Gasteiger charge is 2.27. The Morgan fingerprint density at radius 1 is 0.912 bits per heavy atom. The minimum absolute atomic E-state index is 0.0225. The number of rotatable bonds is 8. The minimum atomic E-state index is -3.97. The molecule has 1 atom stereocenters. The van der Waals surface area contributed by atoms with Crippen LogP contribution in [0.2, 0.25) is 0 Å². The molecule has 0 aromatic heterocycles. The first kappa shape index (κ1) is 25.1. The lowest BCUT2D eigenvalue weighted by Gasteiger charge is -2.19. The summed E-state index contributed by atoms with van der Waals surface area (Å²) in [6, 6.07) is 19.5. The smallest absolute Gasteiger partial charge is 0.339 e. The van der Waals surface area contributed by atoms with E-state index in [0.717, 1.165) is 11.1 Å². The number of nitrogens with zero attached hydrogens (tertiary/aromatic N) is 1. The van der Waals surface area contributed by atoms with Crippen LogP contribution in [0.3, 0.4) is 0 Å². The van der Waals surface area contributed by atoms with Crippen molar-refractivity contribution in [3.05, 3.63) is 95.1 Å². The van der Waals surface area contributed by atoms with Crippen molar-refractivity contribution in [2.24, 2.45) is 0 Å². The molecule has 0 radical (unpaired) electrons. The van der Waals surface area contributed by atoms with Crippen LogP contribution in [0, 0.1) is 13.8 Å². The number of anilines is 1. The van der Waals surface area contributed by atoms with Crippen LogP contribution in [-0.2, 0) is 24.4 Å². The number of carbonyl (C=O) groups excluding carboxylic acids is 2. The van der Waals surface area contributed by atoms with Crippen LogP contribution in [0.15, 0.2) is 77.7 Å². The maximum Gasteiger partial charge on any atom is 0.339 e. The predicted molar refractivity (Wildman–Crippen MR) is 128 cm³/mol. The lowest BCUT2D eigenvalue weighted by Crippen LogP contribution is -2.27. The number of nitrogens with one attached hydrogen (secondary N) is 1. The molecule has 0 bridgehead atoms. The van der Waals surface area contributed by atoms with Gasteiger partial charge in [0.1, 0.15) is 0 Å². The highest BCUT2D eigenvalue weighted by atomic mass is 32.2. The molecule has 1 amide bonds. The lowest BCUT2D eigenvalue weighted by atomic mass is 10.1. The average molecular weight is 483 g/mol. The summed E-state index contributed by atoms with van der Waals surface area (Å²) in [5.41, 5.74) is 2.98. The van der Waals surface area contributed by atoms with Gasteiger partial charge in [0.2, 0.25) is 6.10 Å². The van der Waals surface area contributed by atoms with Crippen LogP contribution < -0.4 is 5.32 Å². The van der Waals surface area contributed by atoms with Crippen molar-refractivity contribution in [1.82, 2.24) is 4.47 Å². The molecule has 8 nitrogen and oxygen atoms in total. The van der Waals surface area contributed by atoms with Gasteiger partial charge in [-0.25, -0.2) is 13.2 Å². The van der Waals surface area contributed by atoms with E-state index in [1.807, 2.05) is 32.0 Å². The van der Waals surface area contributed by atoms with Gasteiger partial charge >= 0.3 is 5.97 Å². The third-order valence-electron chi connectivity index (χ3n) is 5.02. The van der Waals surface area contributed by atoms with E-state index in [2.05, 4.69) is 5.32 Å². The van der Waals surface area contributed by atoms with Gasteiger partial charge in [0, 0.05) is 18.3 Å². The number of sulfonamides is 1. The van der Waals surface area contributed by atoms with Crippen molar-refractivity contribution in [3.63, 3.8) is 0 Å². The predicted octanol–water partition coefficient (Wildman–Crippen LogP) is 4.02. The molecule has 3 rings (SSSR count). The SMILES string of the molecule is CON(C)S(=O)(=O)c1cccc(C(=O)OC(C(=O)Nc2cc(C)cc(C)c2)c2ccccc2)c1. The van der Waals surface area contributed by atoms with E-state index in [-0.39, 0.29) is 10.5 Å². The molecule has 0 saturated heterocycles. The summed E-state index contributed by atoms with van der Waals surface area (Å²) in [7, 11) is -1.51. The average Bonchev–Trinajstić information content (AvgIpc) is 2.81. The number of carbonyl (C=O) groups is 2. The number of hydroxylamine groups is 1. The first-order valence-electron chi connectivity index (χ1n) is 10.4. The van der Waals surface area contributed by atoms with E-state index < -0.39 is 28.0 Å². The molecular formula is C25H26N2O6S. The number of ether oxygens (including phenoxy) is 1. The van der Waals surface area contributed by atoms with Gasteiger partial charge in [-0.05, 0) is 55.3 Å². The summed E-state index contributed by atoms with van der Waals surface area (Å²) in [6.45, 7) is 3.83. The minimum Gasteiger partial charge on any atom is -0.444 e. The Morgan fingerprint density at radius 3 is 2.18 bits per heavy atom. The summed E-state index contributed by atoms with van der Waals surface area (Å²) in [4.78, 5) is 30.7. The summed E-state index contributed by atoms with van der Waals surface area (Å²) in [6.07, 6.45) is -1.25. The van der Waals surface area contributed by atoms with Gasteiger partial charge in [0.05, 0.1) is 17.6 Å². The number of hydrogen-bond acceptors (Lipinski definition) is 6. The molecule has 0 fully saturated rings. The molecule has 3 aromatic carbocycles. The van der Waals surface area contributed by atoms with E-state index in [9.17, 15) is 18.0 Å². The Kier molecular flexibility index (Phi) is 7.83. The summed E-state index contributed by atoms with van der Waals surface area (Å²) in [5.74, 6) is -1.38. The Morgan fingerprint density at radius 2 is 1.56 bits per heavy atom. The first-order valence-corrected chi connectivity index (χ1v) is 11.8. The van der Waals surface area contributed by atoms with E-state index in [1.54, 1.807) is 30.3 Å². The Hall–Kier alpha value is -3.53. The summed E-state index contributed by atoms with van der Waals surface area (Å²) >= 11 is 0. The number of benzene rings is 3. The van der Waals surface area contributed by atoms with Crippen LogP contribution in [0.25, 0.3) is 0 Å². The van der Waals surface area contributed by atoms with E-state index in [0.29, 0.717) is 15.7 Å². The van der Waals surface area contributed by atoms with Gasteiger partial charge in [-0.15, -0.1) is 0 Å². The third-order valence-corrected chi connectivity index (χ3v) is 6.69. The number of aryl methyl sites for hydroxylation is 2. The molecule has 1 unspecified atom stereocenters. The van der Waals surface area contributed by atoms with Crippen LogP contribution >= 0.6 is 0 Å². The molecule has 0 aliphatic carbocycles. The Balaban J connectivity index is 1.90. The molecular weight excluding hydrogens is 456 g/mol. The van der Waals surface area contributed by atoms with Gasteiger partial charge in [0.25, 0.3) is 15.9 Å². The standard InChI is InChI=1S/C25H26N2O6S/c1-17-13-18(2)15-21(14-17)26-24(28)23(19-9-6-5-7-10-19)33-25(29)20-11-8-12-22(16-20)34(30,31)27(3)32-4/h5-16,23H,1-4H3,(H,26,28). The van der Waals surface area contributed by atoms with Gasteiger partial charge in [0.15, 0.2) is 0 Å². The van der Waals surface area contributed by atoms with Crippen LogP contribution in [0.1, 0.15) is 33.2 Å².